The number of aliphatic imine (C=N–C) groups is 1. The van der Waals surface area contributed by atoms with Crippen molar-refractivity contribution in [2.75, 3.05) is 58.3 Å². The fourth-order valence-corrected chi connectivity index (χ4v) is 4.13. The van der Waals surface area contributed by atoms with E-state index in [-0.39, 0.29) is 24.0 Å². The molecule has 7 heteroatoms. The highest BCUT2D eigenvalue weighted by atomic mass is 127. The van der Waals surface area contributed by atoms with Gasteiger partial charge in [0.15, 0.2) is 5.96 Å². The lowest BCUT2D eigenvalue weighted by atomic mass is 9.92. The fraction of sp³-hybridized carbons (Fsp3) is 0.700. The van der Waals surface area contributed by atoms with Gasteiger partial charge in [0.2, 0.25) is 0 Å². The molecule has 1 aromatic rings. The molecule has 152 valence electrons. The number of anilines is 1. The van der Waals surface area contributed by atoms with Gasteiger partial charge in [0.1, 0.15) is 5.82 Å². The first kappa shape index (κ1) is 22.2. The molecule has 6 nitrogen and oxygen atoms in total. The Morgan fingerprint density at radius 3 is 2.48 bits per heavy atom. The Kier molecular flexibility index (Phi) is 8.60. The maximum absolute atomic E-state index is 4.58. The van der Waals surface area contributed by atoms with Crippen molar-refractivity contribution in [3.05, 3.63) is 23.9 Å². The number of hydrogen-bond acceptors (Lipinski definition) is 4. The number of halogens is 1. The summed E-state index contributed by atoms with van der Waals surface area (Å²) < 4.78 is 0. The highest BCUT2D eigenvalue weighted by Gasteiger charge is 2.24. The van der Waals surface area contributed by atoms with E-state index in [1.807, 2.05) is 13.2 Å². The summed E-state index contributed by atoms with van der Waals surface area (Å²) in [4.78, 5) is 16.3. The molecule has 1 N–H and O–H groups in total. The lowest BCUT2D eigenvalue weighted by molar-refractivity contribution is 0.208. The summed E-state index contributed by atoms with van der Waals surface area (Å²) in [6, 6.07) is 4.31. The molecule has 0 spiro atoms. The molecule has 2 fully saturated rings. The molecule has 27 heavy (non-hydrogen) atoms. The van der Waals surface area contributed by atoms with Gasteiger partial charge >= 0.3 is 0 Å². The van der Waals surface area contributed by atoms with Crippen molar-refractivity contribution in [3.8, 4) is 0 Å². The van der Waals surface area contributed by atoms with Crippen molar-refractivity contribution in [2.24, 2.45) is 16.8 Å². The number of hydrogen-bond donors (Lipinski definition) is 1. The van der Waals surface area contributed by atoms with Crippen LogP contribution in [0.4, 0.5) is 5.82 Å². The van der Waals surface area contributed by atoms with Crippen LogP contribution in [0.1, 0.15) is 25.8 Å². The summed E-state index contributed by atoms with van der Waals surface area (Å²) in [6.45, 7) is 11.9. The highest BCUT2D eigenvalue weighted by molar-refractivity contribution is 14.0. The lowest BCUT2D eigenvalue weighted by Gasteiger charge is -2.37. The Bertz CT molecular complexity index is 604. The molecular weight excluding hydrogens is 451 g/mol. The fourth-order valence-electron chi connectivity index (χ4n) is 4.13. The van der Waals surface area contributed by atoms with E-state index in [4.69, 9.17) is 0 Å². The van der Waals surface area contributed by atoms with E-state index < -0.39 is 0 Å². The van der Waals surface area contributed by atoms with Crippen molar-refractivity contribution in [1.82, 2.24) is 20.1 Å². The van der Waals surface area contributed by atoms with Crippen LogP contribution in [0.5, 0.6) is 0 Å². The Morgan fingerprint density at radius 2 is 1.85 bits per heavy atom. The molecule has 3 rings (SSSR count). The van der Waals surface area contributed by atoms with Gasteiger partial charge in [0.25, 0.3) is 0 Å². The average Bonchev–Trinajstić information content (AvgIpc) is 2.62. The first-order valence-electron chi connectivity index (χ1n) is 9.89. The third kappa shape index (κ3) is 6.20. The van der Waals surface area contributed by atoms with Gasteiger partial charge in [-0.25, -0.2) is 4.98 Å². The summed E-state index contributed by atoms with van der Waals surface area (Å²) in [5, 5.41) is 3.56. The Morgan fingerprint density at radius 1 is 1.19 bits per heavy atom. The van der Waals surface area contributed by atoms with E-state index in [2.05, 4.69) is 63.0 Å². The van der Waals surface area contributed by atoms with Crippen molar-refractivity contribution < 1.29 is 0 Å². The molecule has 0 radical (unpaired) electrons. The quantitative estimate of drug-likeness (QED) is 0.404. The third-order valence-electron chi connectivity index (χ3n) is 5.47. The van der Waals surface area contributed by atoms with Crippen molar-refractivity contribution in [2.45, 2.75) is 26.8 Å². The molecule has 0 amide bonds. The van der Waals surface area contributed by atoms with Gasteiger partial charge in [0, 0.05) is 59.1 Å². The van der Waals surface area contributed by atoms with Crippen molar-refractivity contribution in [1.29, 1.82) is 0 Å². The van der Waals surface area contributed by atoms with E-state index in [0.717, 1.165) is 69.4 Å². The second-order valence-corrected chi connectivity index (χ2v) is 8.06. The predicted octanol–water partition coefficient (Wildman–Crippen LogP) is 2.50. The first-order valence-corrected chi connectivity index (χ1v) is 9.89. The number of guanidine groups is 1. The van der Waals surface area contributed by atoms with Crippen molar-refractivity contribution >= 4 is 35.8 Å². The molecule has 0 saturated carbocycles. The smallest absolute Gasteiger partial charge is 0.193 e. The van der Waals surface area contributed by atoms with Crippen LogP contribution in [-0.2, 0) is 6.54 Å². The molecule has 2 unspecified atom stereocenters. The first-order chi connectivity index (χ1) is 12.5. The van der Waals surface area contributed by atoms with Gasteiger partial charge in [0.05, 0.1) is 0 Å². The molecule has 2 saturated heterocycles. The van der Waals surface area contributed by atoms with Gasteiger partial charge in [-0.3, -0.25) is 4.99 Å². The maximum Gasteiger partial charge on any atom is 0.193 e. The second-order valence-electron chi connectivity index (χ2n) is 8.06. The Balaban J connectivity index is 0.00000261. The molecule has 3 heterocycles. The maximum atomic E-state index is 4.58. The van der Waals surface area contributed by atoms with E-state index in [1.165, 1.54) is 12.0 Å². The Hall–Kier alpha value is -1.09. The topological polar surface area (TPSA) is 47.0 Å². The summed E-state index contributed by atoms with van der Waals surface area (Å²) >= 11 is 0. The number of piperidine rings is 1. The molecule has 0 bridgehead atoms. The van der Waals surface area contributed by atoms with Gasteiger partial charge < -0.3 is 20.0 Å². The zero-order chi connectivity index (χ0) is 18.5. The van der Waals surface area contributed by atoms with E-state index in [0.29, 0.717) is 0 Å². The normalized spacial score (nSPS) is 24.5. The van der Waals surface area contributed by atoms with Gasteiger partial charge in [-0.05, 0) is 43.0 Å². The number of rotatable bonds is 3. The minimum atomic E-state index is 0. The SMILES string of the molecule is CN=C(NCc1ccnc(N2CCN(C)CC2)c1)N1CC(C)CC(C)C1.I. The molecule has 0 aromatic carbocycles. The average molecular weight is 486 g/mol. The second kappa shape index (κ2) is 10.5. The minimum Gasteiger partial charge on any atom is -0.354 e. The lowest BCUT2D eigenvalue weighted by Crippen LogP contribution is -2.48. The van der Waals surface area contributed by atoms with Crippen LogP contribution in [-0.4, -0.2) is 74.1 Å². The van der Waals surface area contributed by atoms with E-state index in [1.54, 1.807) is 0 Å². The molecular formula is C20H35IN6. The zero-order valence-electron chi connectivity index (χ0n) is 17.2. The van der Waals surface area contributed by atoms with Gasteiger partial charge in [-0.2, -0.15) is 0 Å². The van der Waals surface area contributed by atoms with Gasteiger partial charge in [-0.1, -0.05) is 13.8 Å². The number of pyridine rings is 1. The molecule has 2 aliphatic rings. The van der Waals surface area contributed by atoms with Crippen LogP contribution in [0.2, 0.25) is 0 Å². The summed E-state index contributed by atoms with van der Waals surface area (Å²) in [6.07, 6.45) is 3.24. The van der Waals surface area contributed by atoms with Crippen LogP contribution in [0.25, 0.3) is 0 Å². The number of aromatic nitrogens is 1. The number of nitrogens with one attached hydrogen (secondary N) is 1. The van der Waals surface area contributed by atoms with Gasteiger partial charge in [-0.15, -0.1) is 24.0 Å². The summed E-state index contributed by atoms with van der Waals surface area (Å²) in [7, 11) is 4.06. The summed E-state index contributed by atoms with van der Waals surface area (Å²) in [5.41, 5.74) is 1.26. The number of piperazine rings is 1. The van der Waals surface area contributed by atoms with Crippen LogP contribution in [0.15, 0.2) is 23.3 Å². The van der Waals surface area contributed by atoms with E-state index >= 15 is 0 Å². The highest BCUT2D eigenvalue weighted by Crippen LogP contribution is 2.21. The number of nitrogens with zero attached hydrogens (tertiary/aromatic N) is 5. The molecule has 1 aromatic heterocycles. The number of likely N-dealkylation sites (N-methyl/N-ethyl adjacent to an activating group) is 1. The predicted molar refractivity (Wildman–Crippen MR) is 124 cm³/mol. The van der Waals surface area contributed by atoms with E-state index in [9.17, 15) is 0 Å². The van der Waals surface area contributed by atoms with Crippen molar-refractivity contribution in [3.63, 3.8) is 0 Å². The minimum absolute atomic E-state index is 0. The molecule has 0 aliphatic carbocycles. The standard InChI is InChI=1S/C20H34N6.HI/c1-16-11-17(2)15-26(14-16)20(21-3)23-13-18-5-6-22-19(12-18)25-9-7-24(4)8-10-25;/h5-6,12,16-17H,7-11,13-15H2,1-4H3,(H,21,23);1H. The van der Waals surface area contributed by atoms with Crippen LogP contribution >= 0.6 is 24.0 Å². The third-order valence-corrected chi connectivity index (χ3v) is 5.47. The largest absolute Gasteiger partial charge is 0.354 e. The Labute approximate surface area is 181 Å². The van der Waals surface area contributed by atoms with Crippen LogP contribution in [0.3, 0.4) is 0 Å². The number of likely N-dealkylation sites (tertiary alicyclic amines) is 1. The van der Waals surface area contributed by atoms with Crippen LogP contribution < -0.4 is 10.2 Å². The molecule has 2 atom stereocenters. The zero-order valence-corrected chi connectivity index (χ0v) is 19.5. The summed E-state index contributed by atoms with van der Waals surface area (Å²) in [5.74, 6) is 3.55. The monoisotopic (exact) mass is 486 g/mol. The molecule has 2 aliphatic heterocycles. The van der Waals surface area contributed by atoms with Crippen LogP contribution in [0, 0.1) is 11.8 Å².